The minimum absolute atomic E-state index is 0.0959. The van der Waals surface area contributed by atoms with Crippen LogP contribution in [0.4, 0.5) is 10.1 Å². The van der Waals surface area contributed by atoms with Gasteiger partial charge in [0.05, 0.1) is 10.7 Å². The molecular formula is C14H11ClFN3O3S. The van der Waals surface area contributed by atoms with Crippen molar-refractivity contribution in [3.8, 4) is 11.5 Å². The highest BCUT2D eigenvalue weighted by Crippen LogP contribution is 2.29. The zero-order chi connectivity index (χ0) is 16.6. The summed E-state index contributed by atoms with van der Waals surface area (Å²) in [5.74, 6) is -0.357. The first-order chi connectivity index (χ1) is 10.9. The lowest BCUT2D eigenvalue weighted by Crippen LogP contribution is -2.14. The Bertz CT molecular complexity index is 952. The molecule has 0 unspecified atom stereocenters. The molecule has 9 heteroatoms. The van der Waals surface area contributed by atoms with Crippen LogP contribution in [0.3, 0.4) is 0 Å². The number of aromatic amines is 1. The molecular weight excluding hydrogens is 345 g/mol. The predicted octanol–water partition coefficient (Wildman–Crippen LogP) is 3.57. The molecule has 2 aromatic heterocycles. The zero-order valence-electron chi connectivity index (χ0n) is 11.8. The van der Waals surface area contributed by atoms with Gasteiger partial charge in [0, 0.05) is 12.3 Å². The molecule has 0 saturated heterocycles. The lowest BCUT2D eigenvalue weighted by atomic mass is 10.3. The molecule has 0 bridgehead atoms. The first-order valence-corrected chi connectivity index (χ1v) is 8.31. The quantitative estimate of drug-likeness (QED) is 0.748. The number of halogens is 2. The lowest BCUT2D eigenvalue weighted by Gasteiger charge is -2.08. The minimum atomic E-state index is -4.03. The molecule has 3 aromatic rings. The van der Waals surface area contributed by atoms with Crippen LogP contribution in [0.2, 0.25) is 5.02 Å². The fraction of sp³-hybridized carbons (Fsp3) is 0.0714. The summed E-state index contributed by atoms with van der Waals surface area (Å²) in [6, 6.07) is 7.03. The molecule has 0 amide bonds. The van der Waals surface area contributed by atoms with Crippen molar-refractivity contribution < 1.29 is 17.2 Å². The molecule has 0 atom stereocenters. The molecule has 0 spiro atoms. The maximum absolute atomic E-state index is 13.9. The Morgan fingerprint density at radius 3 is 2.83 bits per heavy atom. The average molecular weight is 356 g/mol. The second-order valence-corrected chi connectivity index (χ2v) is 6.77. The van der Waals surface area contributed by atoms with Crippen LogP contribution >= 0.6 is 11.6 Å². The Morgan fingerprint density at radius 2 is 2.13 bits per heavy atom. The number of furan rings is 1. The Labute approximate surface area is 136 Å². The summed E-state index contributed by atoms with van der Waals surface area (Å²) in [5, 5.41) is 6.28. The van der Waals surface area contributed by atoms with E-state index in [1.165, 1.54) is 37.4 Å². The van der Waals surface area contributed by atoms with Crippen molar-refractivity contribution >= 4 is 27.3 Å². The number of benzene rings is 1. The van der Waals surface area contributed by atoms with Crippen molar-refractivity contribution in [3.05, 3.63) is 53.1 Å². The van der Waals surface area contributed by atoms with Crippen molar-refractivity contribution in [3.63, 3.8) is 0 Å². The van der Waals surface area contributed by atoms with Crippen LogP contribution in [0.25, 0.3) is 11.5 Å². The molecule has 0 aliphatic carbocycles. The van der Waals surface area contributed by atoms with Gasteiger partial charge < -0.3 is 4.42 Å². The molecule has 0 aliphatic rings. The Hall–Kier alpha value is -2.32. The van der Waals surface area contributed by atoms with Gasteiger partial charge in [-0.3, -0.25) is 9.82 Å². The predicted molar refractivity (Wildman–Crippen MR) is 83.2 cm³/mol. The first kappa shape index (κ1) is 15.6. The fourth-order valence-electron chi connectivity index (χ4n) is 2.04. The van der Waals surface area contributed by atoms with E-state index in [4.69, 9.17) is 16.0 Å². The number of hydrogen-bond acceptors (Lipinski definition) is 4. The first-order valence-electron chi connectivity index (χ1n) is 6.45. The number of rotatable bonds is 4. The third-order valence-electron chi connectivity index (χ3n) is 3.12. The van der Waals surface area contributed by atoms with E-state index in [-0.39, 0.29) is 21.4 Å². The topological polar surface area (TPSA) is 88.0 Å². The van der Waals surface area contributed by atoms with Gasteiger partial charge in [-0.15, -0.1) is 0 Å². The Morgan fingerprint density at radius 1 is 1.35 bits per heavy atom. The SMILES string of the molecule is Cc1oc(-c2ccn[nH]2)cc1S(=O)(=O)Nc1cccc(Cl)c1F. The van der Waals surface area contributed by atoms with E-state index >= 15 is 0 Å². The van der Waals surface area contributed by atoms with Crippen LogP contribution in [0, 0.1) is 12.7 Å². The molecule has 2 heterocycles. The van der Waals surface area contributed by atoms with Crippen LogP contribution in [-0.4, -0.2) is 18.6 Å². The number of sulfonamides is 1. The number of aromatic nitrogens is 2. The van der Waals surface area contributed by atoms with E-state index < -0.39 is 15.8 Å². The summed E-state index contributed by atoms with van der Waals surface area (Å²) in [5.41, 5.74) is 0.296. The van der Waals surface area contributed by atoms with Gasteiger partial charge in [-0.2, -0.15) is 5.10 Å². The molecule has 2 N–H and O–H groups in total. The fourth-order valence-corrected chi connectivity index (χ4v) is 3.45. The van der Waals surface area contributed by atoms with Crippen molar-refractivity contribution in [2.24, 2.45) is 0 Å². The van der Waals surface area contributed by atoms with E-state index in [9.17, 15) is 12.8 Å². The Kier molecular flexibility index (Phi) is 3.87. The van der Waals surface area contributed by atoms with Gasteiger partial charge in [0.2, 0.25) is 0 Å². The molecule has 23 heavy (non-hydrogen) atoms. The van der Waals surface area contributed by atoms with E-state index in [0.717, 1.165) is 0 Å². The van der Waals surface area contributed by atoms with Gasteiger partial charge in [-0.1, -0.05) is 17.7 Å². The third-order valence-corrected chi connectivity index (χ3v) is 4.89. The third kappa shape index (κ3) is 2.95. The van der Waals surface area contributed by atoms with E-state index in [1.807, 2.05) is 0 Å². The van der Waals surface area contributed by atoms with Gasteiger partial charge in [-0.05, 0) is 25.1 Å². The number of aryl methyl sites for hydroxylation is 1. The summed E-state index contributed by atoms with van der Waals surface area (Å²) >= 11 is 5.65. The number of nitrogens with one attached hydrogen (secondary N) is 2. The van der Waals surface area contributed by atoms with Gasteiger partial charge in [0.25, 0.3) is 10.0 Å². The molecule has 0 aliphatic heterocycles. The van der Waals surface area contributed by atoms with E-state index in [1.54, 1.807) is 6.07 Å². The van der Waals surface area contributed by atoms with Crippen molar-refractivity contribution in [2.45, 2.75) is 11.8 Å². The Balaban J connectivity index is 1.99. The van der Waals surface area contributed by atoms with Gasteiger partial charge in [-0.25, -0.2) is 12.8 Å². The standard InChI is InChI=1S/C14H11ClFN3O3S/c1-8-13(7-12(22-8)10-5-6-17-18-10)23(20,21)19-11-4-2-3-9(15)14(11)16/h2-7,19H,1H3,(H,17,18). The summed E-state index contributed by atoms with van der Waals surface area (Å²) in [4.78, 5) is -0.0959. The van der Waals surface area contributed by atoms with E-state index in [0.29, 0.717) is 11.5 Å². The molecule has 1 aromatic carbocycles. The lowest BCUT2D eigenvalue weighted by molar-refractivity contribution is 0.533. The van der Waals surface area contributed by atoms with Crippen molar-refractivity contribution in [1.29, 1.82) is 0 Å². The summed E-state index contributed by atoms with van der Waals surface area (Å²) < 4.78 is 46.4. The molecule has 3 rings (SSSR count). The van der Waals surface area contributed by atoms with Gasteiger partial charge in [0.15, 0.2) is 11.6 Å². The zero-order valence-corrected chi connectivity index (χ0v) is 13.4. The smallest absolute Gasteiger partial charge is 0.265 e. The van der Waals surface area contributed by atoms with Crippen molar-refractivity contribution in [1.82, 2.24) is 10.2 Å². The highest BCUT2D eigenvalue weighted by molar-refractivity contribution is 7.92. The largest absolute Gasteiger partial charge is 0.458 e. The minimum Gasteiger partial charge on any atom is -0.458 e. The monoisotopic (exact) mass is 355 g/mol. The number of H-pyrrole nitrogens is 1. The average Bonchev–Trinajstić information content (AvgIpc) is 3.13. The van der Waals surface area contributed by atoms with Crippen molar-refractivity contribution in [2.75, 3.05) is 4.72 Å². The van der Waals surface area contributed by atoms with Crippen LogP contribution in [0.5, 0.6) is 0 Å². The van der Waals surface area contributed by atoms with Crippen LogP contribution in [0.15, 0.2) is 45.8 Å². The van der Waals surface area contributed by atoms with Crippen LogP contribution in [0.1, 0.15) is 5.76 Å². The molecule has 0 fully saturated rings. The summed E-state index contributed by atoms with van der Waals surface area (Å²) in [6.07, 6.45) is 1.51. The summed E-state index contributed by atoms with van der Waals surface area (Å²) in [6.45, 7) is 1.50. The second-order valence-electron chi connectivity index (χ2n) is 4.71. The molecule has 6 nitrogen and oxygen atoms in total. The van der Waals surface area contributed by atoms with Gasteiger partial charge >= 0.3 is 0 Å². The van der Waals surface area contributed by atoms with E-state index in [2.05, 4.69) is 14.9 Å². The molecule has 0 radical (unpaired) electrons. The number of nitrogens with zero attached hydrogens (tertiary/aromatic N) is 1. The molecule has 0 saturated carbocycles. The second kappa shape index (κ2) is 5.71. The maximum Gasteiger partial charge on any atom is 0.265 e. The van der Waals surface area contributed by atoms with Crippen LogP contribution in [-0.2, 0) is 10.0 Å². The molecule has 120 valence electrons. The number of hydrogen-bond donors (Lipinski definition) is 2. The normalized spacial score (nSPS) is 11.6. The summed E-state index contributed by atoms with van der Waals surface area (Å²) in [7, 11) is -4.03. The highest BCUT2D eigenvalue weighted by Gasteiger charge is 2.24. The number of anilines is 1. The maximum atomic E-state index is 13.9. The highest BCUT2D eigenvalue weighted by atomic mass is 35.5. The van der Waals surface area contributed by atoms with Gasteiger partial charge in [0.1, 0.15) is 16.3 Å². The van der Waals surface area contributed by atoms with Crippen LogP contribution < -0.4 is 4.72 Å².